The van der Waals surface area contributed by atoms with E-state index in [1.165, 1.54) is 0 Å². The molecule has 3 N–H and O–H groups in total. The topological polar surface area (TPSA) is 65.1 Å². The molecule has 102 valence electrons. The zero-order chi connectivity index (χ0) is 13.8. The number of aromatic nitrogens is 1. The number of hydrogen-bond donors (Lipinski definition) is 3. The van der Waals surface area contributed by atoms with Crippen molar-refractivity contribution >= 4 is 16.8 Å². The molecule has 0 unspecified atom stereocenters. The highest BCUT2D eigenvalue weighted by Gasteiger charge is 2.15. The van der Waals surface area contributed by atoms with E-state index in [1.807, 2.05) is 38.2 Å². The summed E-state index contributed by atoms with van der Waals surface area (Å²) in [5.41, 5.74) is 1.44. The van der Waals surface area contributed by atoms with Crippen LogP contribution in [-0.2, 0) is 0 Å². The third-order valence-electron chi connectivity index (χ3n) is 3.60. The normalized spacial score (nSPS) is 14.3. The van der Waals surface area contributed by atoms with Gasteiger partial charge in [0, 0.05) is 18.1 Å². The summed E-state index contributed by atoms with van der Waals surface area (Å²) in [5, 5.41) is 13.7. The van der Waals surface area contributed by atoms with Crippen molar-refractivity contribution in [3.63, 3.8) is 0 Å². The van der Waals surface area contributed by atoms with Crippen molar-refractivity contribution in [2.24, 2.45) is 5.92 Å². The maximum Gasteiger partial charge on any atom is 0.253 e. The fourth-order valence-electron chi connectivity index (χ4n) is 2.04. The Kier molecular flexibility index (Phi) is 4.22. The molecule has 4 nitrogen and oxygen atoms in total. The van der Waals surface area contributed by atoms with Gasteiger partial charge in [-0.3, -0.25) is 4.79 Å². The molecule has 0 saturated heterocycles. The van der Waals surface area contributed by atoms with Crippen molar-refractivity contribution in [2.75, 3.05) is 6.54 Å². The van der Waals surface area contributed by atoms with Gasteiger partial charge in [-0.15, -0.1) is 0 Å². The van der Waals surface area contributed by atoms with E-state index in [1.54, 1.807) is 6.07 Å². The lowest BCUT2D eigenvalue weighted by Gasteiger charge is -2.17. The molecule has 0 aliphatic heterocycles. The third kappa shape index (κ3) is 2.96. The number of nitrogens with one attached hydrogen (secondary N) is 2. The number of para-hydroxylation sites is 1. The van der Waals surface area contributed by atoms with Gasteiger partial charge in [-0.1, -0.05) is 32.4 Å². The summed E-state index contributed by atoms with van der Waals surface area (Å²) < 4.78 is 0. The van der Waals surface area contributed by atoms with Gasteiger partial charge in [0.25, 0.3) is 5.91 Å². The van der Waals surface area contributed by atoms with Gasteiger partial charge in [0.2, 0.25) is 0 Å². The van der Waals surface area contributed by atoms with Crippen LogP contribution in [0.15, 0.2) is 30.5 Å². The minimum atomic E-state index is -0.503. The minimum absolute atomic E-state index is 0.157. The molecule has 2 rings (SSSR count). The van der Waals surface area contributed by atoms with Gasteiger partial charge >= 0.3 is 0 Å². The van der Waals surface area contributed by atoms with E-state index in [-0.39, 0.29) is 18.4 Å². The quantitative estimate of drug-likeness (QED) is 0.772. The van der Waals surface area contributed by atoms with Crippen LogP contribution >= 0.6 is 0 Å². The Balaban J connectivity index is 2.06. The molecule has 0 saturated carbocycles. The zero-order valence-electron chi connectivity index (χ0n) is 11.3. The van der Waals surface area contributed by atoms with Crippen LogP contribution in [0, 0.1) is 5.92 Å². The van der Waals surface area contributed by atoms with Crippen LogP contribution in [0.5, 0.6) is 0 Å². The summed E-state index contributed by atoms with van der Waals surface area (Å²) in [6.07, 6.45) is 2.20. The molecule has 0 bridgehead atoms. The number of aliphatic hydroxyl groups excluding tert-OH is 1. The Morgan fingerprint density at radius 3 is 2.95 bits per heavy atom. The van der Waals surface area contributed by atoms with Crippen molar-refractivity contribution in [2.45, 2.75) is 26.4 Å². The van der Waals surface area contributed by atoms with Crippen molar-refractivity contribution < 1.29 is 9.90 Å². The summed E-state index contributed by atoms with van der Waals surface area (Å²) in [5.74, 6) is 0.0250. The SMILES string of the molecule is CC[C@@H](C)[C@@H](O)CNC(=O)c1cccc2cc[nH]c12. The van der Waals surface area contributed by atoms with Gasteiger partial charge in [-0.2, -0.15) is 0 Å². The number of aliphatic hydroxyl groups is 1. The third-order valence-corrected chi connectivity index (χ3v) is 3.60. The fourth-order valence-corrected chi connectivity index (χ4v) is 2.04. The van der Waals surface area contributed by atoms with Crippen molar-refractivity contribution in [3.05, 3.63) is 36.0 Å². The number of hydrogen-bond acceptors (Lipinski definition) is 2. The van der Waals surface area contributed by atoms with Crippen LogP contribution in [-0.4, -0.2) is 28.6 Å². The lowest BCUT2D eigenvalue weighted by molar-refractivity contribution is 0.0851. The first-order valence-corrected chi connectivity index (χ1v) is 6.65. The van der Waals surface area contributed by atoms with Crippen LogP contribution < -0.4 is 5.32 Å². The summed E-state index contributed by atoms with van der Waals surface area (Å²) in [6, 6.07) is 7.52. The molecule has 1 amide bonds. The van der Waals surface area contributed by atoms with E-state index >= 15 is 0 Å². The molecule has 1 aromatic carbocycles. The van der Waals surface area contributed by atoms with Gasteiger partial charge in [-0.05, 0) is 18.1 Å². The van der Waals surface area contributed by atoms with E-state index in [0.717, 1.165) is 17.3 Å². The Hall–Kier alpha value is -1.81. The highest BCUT2D eigenvalue weighted by atomic mass is 16.3. The molecule has 0 aliphatic carbocycles. The highest BCUT2D eigenvalue weighted by Crippen LogP contribution is 2.16. The summed E-state index contributed by atoms with van der Waals surface area (Å²) in [4.78, 5) is 15.2. The molecule has 0 fully saturated rings. The average molecular weight is 260 g/mol. The molecule has 2 aromatic rings. The van der Waals surface area contributed by atoms with Gasteiger partial charge in [0.05, 0.1) is 17.2 Å². The lowest BCUT2D eigenvalue weighted by atomic mass is 10.0. The van der Waals surface area contributed by atoms with Crippen LogP contribution in [0.3, 0.4) is 0 Å². The number of rotatable bonds is 5. The van der Waals surface area contributed by atoms with Crippen LogP contribution in [0.1, 0.15) is 30.6 Å². The average Bonchev–Trinajstić information content (AvgIpc) is 2.91. The van der Waals surface area contributed by atoms with Gasteiger partial charge in [0.15, 0.2) is 0 Å². The Labute approximate surface area is 112 Å². The van der Waals surface area contributed by atoms with E-state index in [9.17, 15) is 9.90 Å². The Morgan fingerprint density at radius 2 is 2.21 bits per heavy atom. The zero-order valence-corrected chi connectivity index (χ0v) is 11.3. The van der Waals surface area contributed by atoms with Crippen LogP contribution in [0.4, 0.5) is 0 Å². The van der Waals surface area contributed by atoms with Gasteiger partial charge < -0.3 is 15.4 Å². The van der Waals surface area contributed by atoms with Crippen LogP contribution in [0.2, 0.25) is 0 Å². The molecule has 1 heterocycles. The van der Waals surface area contributed by atoms with Crippen molar-refractivity contribution in [1.82, 2.24) is 10.3 Å². The molecule has 19 heavy (non-hydrogen) atoms. The number of carbonyl (C=O) groups is 1. The van der Waals surface area contributed by atoms with E-state index < -0.39 is 6.10 Å². The van der Waals surface area contributed by atoms with E-state index in [2.05, 4.69) is 10.3 Å². The van der Waals surface area contributed by atoms with Gasteiger partial charge in [-0.25, -0.2) is 0 Å². The molecular weight excluding hydrogens is 240 g/mol. The Bertz CT molecular complexity index is 562. The Morgan fingerprint density at radius 1 is 1.42 bits per heavy atom. The van der Waals surface area contributed by atoms with E-state index in [4.69, 9.17) is 0 Å². The molecule has 1 aromatic heterocycles. The van der Waals surface area contributed by atoms with Gasteiger partial charge in [0.1, 0.15) is 0 Å². The standard InChI is InChI=1S/C15H20N2O2/c1-3-10(2)13(18)9-17-15(19)12-6-4-5-11-7-8-16-14(11)12/h4-8,10,13,16,18H,3,9H2,1-2H3,(H,17,19)/t10-,13+/m1/s1. The molecular formula is C15H20N2O2. The number of fused-ring (bicyclic) bond motifs is 1. The summed E-state index contributed by atoms with van der Waals surface area (Å²) in [7, 11) is 0. The monoisotopic (exact) mass is 260 g/mol. The molecule has 2 atom stereocenters. The molecule has 0 aliphatic rings. The predicted molar refractivity (Wildman–Crippen MR) is 76.1 cm³/mol. The number of aromatic amines is 1. The number of H-pyrrole nitrogens is 1. The highest BCUT2D eigenvalue weighted by molar-refractivity contribution is 6.05. The first kappa shape index (κ1) is 13.6. The maximum atomic E-state index is 12.1. The van der Waals surface area contributed by atoms with Crippen molar-refractivity contribution in [3.8, 4) is 0 Å². The number of amides is 1. The first-order chi connectivity index (χ1) is 9.13. The predicted octanol–water partition coefficient (Wildman–Crippen LogP) is 2.30. The second-order valence-corrected chi connectivity index (χ2v) is 4.91. The maximum absolute atomic E-state index is 12.1. The number of carbonyl (C=O) groups excluding carboxylic acids is 1. The second kappa shape index (κ2) is 5.89. The number of benzene rings is 1. The second-order valence-electron chi connectivity index (χ2n) is 4.91. The fraction of sp³-hybridized carbons (Fsp3) is 0.400. The van der Waals surface area contributed by atoms with Crippen LogP contribution in [0.25, 0.3) is 10.9 Å². The van der Waals surface area contributed by atoms with Crippen molar-refractivity contribution in [1.29, 1.82) is 0 Å². The molecule has 4 heteroatoms. The molecule has 0 radical (unpaired) electrons. The molecule has 0 spiro atoms. The minimum Gasteiger partial charge on any atom is -0.391 e. The van der Waals surface area contributed by atoms with E-state index in [0.29, 0.717) is 5.56 Å². The first-order valence-electron chi connectivity index (χ1n) is 6.65. The summed E-state index contributed by atoms with van der Waals surface area (Å²) >= 11 is 0. The summed E-state index contributed by atoms with van der Waals surface area (Å²) in [6.45, 7) is 4.28. The largest absolute Gasteiger partial charge is 0.391 e. The lowest BCUT2D eigenvalue weighted by Crippen LogP contribution is -2.35. The smallest absolute Gasteiger partial charge is 0.253 e.